The SMILES string of the molecule is CC(C)C/C=C\CC(=O)CP(=O)(O)O. The van der Waals surface area contributed by atoms with Gasteiger partial charge in [-0.3, -0.25) is 9.36 Å². The molecule has 0 atom stereocenters. The smallest absolute Gasteiger partial charge is 0.324 e. The average molecular weight is 220 g/mol. The van der Waals surface area contributed by atoms with Crippen LogP contribution in [-0.2, 0) is 9.36 Å². The number of ketones is 1. The summed E-state index contributed by atoms with van der Waals surface area (Å²) in [7, 11) is -4.17. The largest absolute Gasteiger partial charge is 0.332 e. The summed E-state index contributed by atoms with van der Waals surface area (Å²) in [4.78, 5) is 28.0. The highest BCUT2D eigenvalue weighted by Gasteiger charge is 2.17. The molecule has 0 fully saturated rings. The molecule has 0 aromatic rings. The van der Waals surface area contributed by atoms with Crippen molar-refractivity contribution in [3.8, 4) is 0 Å². The first-order valence-electron chi connectivity index (χ1n) is 4.52. The predicted octanol–water partition coefficient (Wildman–Crippen LogP) is 1.73. The van der Waals surface area contributed by atoms with E-state index in [1.807, 2.05) is 6.08 Å². The van der Waals surface area contributed by atoms with Crippen LogP contribution in [0.15, 0.2) is 12.2 Å². The summed E-state index contributed by atoms with van der Waals surface area (Å²) in [5.41, 5.74) is 0. The van der Waals surface area contributed by atoms with Gasteiger partial charge in [0.2, 0.25) is 0 Å². The van der Waals surface area contributed by atoms with E-state index >= 15 is 0 Å². The van der Waals surface area contributed by atoms with E-state index in [-0.39, 0.29) is 6.42 Å². The van der Waals surface area contributed by atoms with E-state index in [0.29, 0.717) is 5.92 Å². The highest BCUT2D eigenvalue weighted by Crippen LogP contribution is 2.34. The van der Waals surface area contributed by atoms with Crippen LogP contribution in [0.4, 0.5) is 0 Å². The summed E-state index contributed by atoms with van der Waals surface area (Å²) in [5, 5.41) is 0. The molecule has 0 heterocycles. The van der Waals surface area contributed by atoms with E-state index in [9.17, 15) is 9.36 Å². The van der Waals surface area contributed by atoms with Gasteiger partial charge in [-0.05, 0) is 12.3 Å². The molecular weight excluding hydrogens is 203 g/mol. The zero-order valence-corrected chi connectivity index (χ0v) is 9.41. The fraction of sp³-hybridized carbons (Fsp3) is 0.667. The van der Waals surface area contributed by atoms with Gasteiger partial charge in [0.15, 0.2) is 0 Å². The highest BCUT2D eigenvalue weighted by atomic mass is 31.2. The Hall–Kier alpha value is -0.440. The zero-order chi connectivity index (χ0) is 11.2. The second-order valence-electron chi connectivity index (χ2n) is 3.67. The van der Waals surface area contributed by atoms with E-state index < -0.39 is 19.5 Å². The Morgan fingerprint density at radius 3 is 2.36 bits per heavy atom. The summed E-state index contributed by atoms with van der Waals surface area (Å²) in [6, 6.07) is 0. The van der Waals surface area contributed by atoms with Gasteiger partial charge in [-0.15, -0.1) is 0 Å². The molecule has 0 saturated heterocycles. The van der Waals surface area contributed by atoms with Crippen molar-refractivity contribution < 1.29 is 19.1 Å². The summed E-state index contributed by atoms with van der Waals surface area (Å²) in [6.07, 6.45) is 3.86. The molecule has 2 N–H and O–H groups in total. The number of allylic oxidation sites excluding steroid dienone is 2. The molecule has 0 aliphatic heterocycles. The lowest BCUT2D eigenvalue weighted by atomic mass is 10.1. The van der Waals surface area contributed by atoms with Crippen LogP contribution in [0.5, 0.6) is 0 Å². The van der Waals surface area contributed by atoms with Crippen molar-refractivity contribution in [2.24, 2.45) is 5.92 Å². The van der Waals surface area contributed by atoms with Crippen LogP contribution in [0.3, 0.4) is 0 Å². The molecule has 0 aliphatic carbocycles. The molecular formula is C9H17O4P. The van der Waals surface area contributed by atoms with Gasteiger partial charge in [-0.1, -0.05) is 26.0 Å². The van der Waals surface area contributed by atoms with E-state index in [0.717, 1.165) is 6.42 Å². The molecule has 0 unspecified atom stereocenters. The van der Waals surface area contributed by atoms with E-state index in [4.69, 9.17) is 9.79 Å². The van der Waals surface area contributed by atoms with Crippen LogP contribution in [0.1, 0.15) is 26.7 Å². The molecule has 14 heavy (non-hydrogen) atoms. The number of carbonyl (C=O) groups is 1. The Morgan fingerprint density at radius 1 is 1.36 bits per heavy atom. The van der Waals surface area contributed by atoms with Gasteiger partial charge in [0, 0.05) is 6.42 Å². The number of hydrogen-bond acceptors (Lipinski definition) is 2. The number of hydrogen-bond donors (Lipinski definition) is 2. The number of rotatable bonds is 6. The quantitative estimate of drug-likeness (QED) is 0.528. The lowest BCUT2D eigenvalue weighted by Gasteiger charge is -2.00. The van der Waals surface area contributed by atoms with Crippen LogP contribution in [-0.4, -0.2) is 21.7 Å². The highest BCUT2D eigenvalue weighted by molar-refractivity contribution is 7.52. The fourth-order valence-electron chi connectivity index (χ4n) is 0.877. The summed E-state index contributed by atoms with van der Waals surface area (Å²) >= 11 is 0. The Kier molecular flexibility index (Phi) is 5.93. The molecule has 0 aliphatic rings. The monoisotopic (exact) mass is 220 g/mol. The van der Waals surface area contributed by atoms with Gasteiger partial charge in [0.05, 0.1) is 0 Å². The van der Waals surface area contributed by atoms with Crippen LogP contribution in [0.2, 0.25) is 0 Å². The first-order chi connectivity index (χ1) is 6.31. The minimum Gasteiger partial charge on any atom is -0.324 e. The second-order valence-corrected chi connectivity index (χ2v) is 5.31. The molecule has 4 nitrogen and oxygen atoms in total. The second kappa shape index (κ2) is 6.12. The van der Waals surface area contributed by atoms with Crippen molar-refractivity contribution in [3.63, 3.8) is 0 Å². The van der Waals surface area contributed by atoms with Crippen molar-refractivity contribution in [3.05, 3.63) is 12.2 Å². The molecule has 5 heteroatoms. The summed E-state index contributed by atoms with van der Waals surface area (Å²) in [5.74, 6) is 0.112. The van der Waals surface area contributed by atoms with Gasteiger partial charge in [-0.2, -0.15) is 0 Å². The van der Waals surface area contributed by atoms with Gasteiger partial charge in [0.1, 0.15) is 11.9 Å². The lowest BCUT2D eigenvalue weighted by molar-refractivity contribution is -0.116. The standard InChI is InChI=1S/C9H17O4P/c1-8(2)5-3-4-6-9(10)7-14(11,12)13/h3-4,8H,5-7H2,1-2H3,(H2,11,12,13)/b4-3-. The van der Waals surface area contributed by atoms with E-state index in [1.54, 1.807) is 6.08 Å². The van der Waals surface area contributed by atoms with Crippen LogP contribution in [0, 0.1) is 5.92 Å². The molecule has 82 valence electrons. The van der Waals surface area contributed by atoms with Crippen molar-refractivity contribution in [1.82, 2.24) is 0 Å². The fourth-order valence-corrected chi connectivity index (χ4v) is 1.47. The van der Waals surface area contributed by atoms with Gasteiger partial charge in [-0.25, -0.2) is 0 Å². The maximum absolute atomic E-state index is 11.0. The van der Waals surface area contributed by atoms with Crippen LogP contribution >= 0.6 is 7.60 Å². The maximum atomic E-state index is 11.0. The number of Topliss-reactive ketones (excluding diaryl/α,β-unsaturated/α-hetero) is 1. The topological polar surface area (TPSA) is 74.6 Å². The van der Waals surface area contributed by atoms with Crippen molar-refractivity contribution >= 4 is 13.4 Å². The molecule has 0 rings (SSSR count). The van der Waals surface area contributed by atoms with Crippen LogP contribution < -0.4 is 0 Å². The van der Waals surface area contributed by atoms with Crippen molar-refractivity contribution in [2.45, 2.75) is 26.7 Å². The minimum atomic E-state index is -4.17. The summed E-state index contributed by atoms with van der Waals surface area (Å²) < 4.78 is 10.4. The predicted molar refractivity (Wildman–Crippen MR) is 55.1 cm³/mol. The third-order valence-corrected chi connectivity index (χ3v) is 2.27. The number of carbonyl (C=O) groups excluding carboxylic acids is 1. The third-order valence-electron chi connectivity index (χ3n) is 1.50. The minimum absolute atomic E-state index is 0.109. The third kappa shape index (κ3) is 9.65. The summed E-state index contributed by atoms with van der Waals surface area (Å²) in [6.45, 7) is 4.11. The molecule has 0 amide bonds. The zero-order valence-electron chi connectivity index (χ0n) is 8.51. The Labute approximate surface area is 84.2 Å². The van der Waals surface area contributed by atoms with Crippen molar-refractivity contribution in [1.29, 1.82) is 0 Å². The van der Waals surface area contributed by atoms with Crippen molar-refractivity contribution in [2.75, 3.05) is 6.16 Å². The maximum Gasteiger partial charge on any atom is 0.332 e. The molecule has 0 saturated carbocycles. The average Bonchev–Trinajstić information content (AvgIpc) is 1.94. The first kappa shape index (κ1) is 13.6. The van der Waals surface area contributed by atoms with Gasteiger partial charge >= 0.3 is 7.60 Å². The Bertz CT molecular complexity index is 252. The molecule has 0 aromatic carbocycles. The van der Waals surface area contributed by atoms with Gasteiger partial charge < -0.3 is 9.79 Å². The Balaban J connectivity index is 3.75. The Morgan fingerprint density at radius 2 is 1.93 bits per heavy atom. The first-order valence-corrected chi connectivity index (χ1v) is 6.32. The normalized spacial score (nSPS) is 12.6. The van der Waals surface area contributed by atoms with E-state index in [1.165, 1.54) is 0 Å². The lowest BCUT2D eigenvalue weighted by Crippen LogP contribution is -2.03. The van der Waals surface area contributed by atoms with E-state index in [2.05, 4.69) is 13.8 Å². The molecule has 0 radical (unpaired) electrons. The van der Waals surface area contributed by atoms with Gasteiger partial charge in [0.25, 0.3) is 0 Å². The molecule has 0 aromatic heterocycles. The molecule has 0 spiro atoms. The van der Waals surface area contributed by atoms with Crippen LogP contribution in [0.25, 0.3) is 0 Å². The molecule has 0 bridgehead atoms.